The van der Waals surface area contributed by atoms with Crippen molar-refractivity contribution in [2.75, 3.05) is 19.6 Å². The molecule has 2 heteroatoms. The van der Waals surface area contributed by atoms with Crippen LogP contribution in [0.4, 0.5) is 0 Å². The summed E-state index contributed by atoms with van der Waals surface area (Å²) in [5.74, 6) is 0. The molecule has 0 aromatic heterocycles. The Bertz CT molecular complexity index is 185. The van der Waals surface area contributed by atoms with Crippen LogP contribution in [0.2, 0.25) is 0 Å². The maximum absolute atomic E-state index is 3.59. The van der Waals surface area contributed by atoms with E-state index in [4.69, 9.17) is 0 Å². The van der Waals surface area contributed by atoms with Gasteiger partial charge in [-0.25, -0.2) is 0 Å². The average Bonchev–Trinajstić information content (AvgIpc) is 3.15. The first-order chi connectivity index (χ1) is 7.90. The third kappa shape index (κ3) is 4.84. The summed E-state index contributed by atoms with van der Waals surface area (Å²) in [4.78, 5) is 2.67. The van der Waals surface area contributed by atoms with Gasteiger partial charge < -0.3 is 10.2 Å². The van der Waals surface area contributed by atoms with Crippen LogP contribution in [-0.4, -0.2) is 36.6 Å². The number of unbranched alkanes of at least 4 members (excludes halogenated alkanes) is 3. The van der Waals surface area contributed by atoms with Crippen LogP contribution >= 0.6 is 0 Å². The second-order valence-corrected chi connectivity index (χ2v) is 5.50. The minimum Gasteiger partial charge on any atom is -0.314 e. The molecule has 0 spiro atoms. The first-order valence-electron chi connectivity index (χ1n) is 7.37. The van der Waals surface area contributed by atoms with Crippen LogP contribution in [0.5, 0.6) is 0 Å². The van der Waals surface area contributed by atoms with Crippen LogP contribution in [0.1, 0.15) is 58.3 Å². The summed E-state index contributed by atoms with van der Waals surface area (Å²) in [5, 5.41) is 3.59. The smallest absolute Gasteiger partial charge is 0.00963 e. The first-order valence-corrected chi connectivity index (χ1v) is 7.37. The fraction of sp³-hybridized carbons (Fsp3) is 1.00. The molecule has 0 saturated heterocycles. The zero-order valence-corrected chi connectivity index (χ0v) is 10.9. The molecular formula is C14H28N2. The van der Waals surface area contributed by atoms with Crippen LogP contribution in [0.25, 0.3) is 0 Å². The van der Waals surface area contributed by atoms with Gasteiger partial charge in [0.2, 0.25) is 0 Å². The van der Waals surface area contributed by atoms with Crippen LogP contribution < -0.4 is 5.32 Å². The molecule has 0 atom stereocenters. The predicted molar refractivity (Wildman–Crippen MR) is 69.8 cm³/mol. The van der Waals surface area contributed by atoms with Crippen molar-refractivity contribution in [1.29, 1.82) is 0 Å². The lowest BCUT2D eigenvalue weighted by molar-refractivity contribution is 0.270. The van der Waals surface area contributed by atoms with Gasteiger partial charge in [0, 0.05) is 12.1 Å². The average molecular weight is 224 g/mol. The maximum Gasteiger partial charge on any atom is 0.00963 e. The highest BCUT2D eigenvalue weighted by Gasteiger charge is 2.26. The number of nitrogens with one attached hydrogen (secondary N) is 1. The van der Waals surface area contributed by atoms with Crippen molar-refractivity contribution < 1.29 is 0 Å². The Labute approximate surface area is 101 Å². The summed E-state index contributed by atoms with van der Waals surface area (Å²) < 4.78 is 0. The molecule has 2 nitrogen and oxygen atoms in total. The lowest BCUT2D eigenvalue weighted by Crippen LogP contribution is -2.26. The third-order valence-corrected chi connectivity index (χ3v) is 3.85. The Morgan fingerprint density at radius 3 is 2.38 bits per heavy atom. The van der Waals surface area contributed by atoms with E-state index >= 15 is 0 Å². The molecule has 94 valence electrons. The minimum atomic E-state index is 0.894. The van der Waals surface area contributed by atoms with Crippen LogP contribution in [0.15, 0.2) is 0 Å². The van der Waals surface area contributed by atoms with E-state index in [1.54, 1.807) is 0 Å². The lowest BCUT2D eigenvalue weighted by atomic mass is 10.2. The van der Waals surface area contributed by atoms with Crippen LogP contribution in [0, 0.1) is 0 Å². The van der Waals surface area contributed by atoms with Gasteiger partial charge in [-0.3, -0.25) is 0 Å². The molecule has 0 amide bonds. The van der Waals surface area contributed by atoms with Crippen molar-refractivity contribution in [2.24, 2.45) is 0 Å². The fourth-order valence-electron chi connectivity index (χ4n) is 2.43. The van der Waals surface area contributed by atoms with Gasteiger partial charge in [-0.05, 0) is 58.2 Å². The maximum atomic E-state index is 3.59. The van der Waals surface area contributed by atoms with Gasteiger partial charge >= 0.3 is 0 Å². The van der Waals surface area contributed by atoms with Gasteiger partial charge in [0.25, 0.3) is 0 Å². The van der Waals surface area contributed by atoms with E-state index in [1.807, 2.05) is 0 Å². The lowest BCUT2D eigenvalue weighted by Gasteiger charge is -2.19. The Kier molecular flexibility index (Phi) is 5.11. The molecule has 2 fully saturated rings. The van der Waals surface area contributed by atoms with E-state index < -0.39 is 0 Å². The Hall–Kier alpha value is -0.0800. The van der Waals surface area contributed by atoms with E-state index in [9.17, 15) is 0 Å². The summed E-state index contributed by atoms with van der Waals surface area (Å²) in [5.41, 5.74) is 0. The largest absolute Gasteiger partial charge is 0.314 e. The Morgan fingerprint density at radius 1 is 1.00 bits per heavy atom. The summed E-state index contributed by atoms with van der Waals surface area (Å²) in [6.45, 7) is 6.16. The van der Waals surface area contributed by atoms with E-state index in [-0.39, 0.29) is 0 Å². The zero-order chi connectivity index (χ0) is 11.2. The summed E-state index contributed by atoms with van der Waals surface area (Å²) in [7, 11) is 0. The Balaban J connectivity index is 1.36. The number of nitrogens with zero attached hydrogens (tertiary/aromatic N) is 1. The van der Waals surface area contributed by atoms with E-state index in [0.29, 0.717) is 0 Å². The second kappa shape index (κ2) is 6.61. The summed E-state index contributed by atoms with van der Waals surface area (Å²) in [6.07, 6.45) is 11.4. The molecule has 0 aliphatic heterocycles. The number of hydrogen-bond acceptors (Lipinski definition) is 2. The van der Waals surface area contributed by atoms with Gasteiger partial charge in [0.1, 0.15) is 0 Å². The van der Waals surface area contributed by atoms with Crippen molar-refractivity contribution in [3.05, 3.63) is 0 Å². The molecule has 2 saturated carbocycles. The fourth-order valence-corrected chi connectivity index (χ4v) is 2.43. The van der Waals surface area contributed by atoms with Gasteiger partial charge in [-0.1, -0.05) is 19.8 Å². The van der Waals surface area contributed by atoms with Crippen molar-refractivity contribution in [3.8, 4) is 0 Å². The number of rotatable bonds is 10. The summed E-state index contributed by atoms with van der Waals surface area (Å²) in [6, 6.07) is 1.85. The van der Waals surface area contributed by atoms with Crippen molar-refractivity contribution in [2.45, 2.75) is 70.4 Å². The third-order valence-electron chi connectivity index (χ3n) is 3.85. The Morgan fingerprint density at radius 2 is 1.75 bits per heavy atom. The van der Waals surface area contributed by atoms with Crippen LogP contribution in [0.3, 0.4) is 0 Å². The molecular weight excluding hydrogens is 196 g/mol. The molecule has 2 rings (SSSR count). The van der Waals surface area contributed by atoms with E-state index in [0.717, 1.165) is 12.1 Å². The molecule has 0 aromatic rings. The van der Waals surface area contributed by atoms with Gasteiger partial charge in [0.15, 0.2) is 0 Å². The topological polar surface area (TPSA) is 15.3 Å². The highest BCUT2D eigenvalue weighted by molar-refractivity contribution is 4.83. The monoisotopic (exact) mass is 224 g/mol. The van der Waals surface area contributed by atoms with E-state index in [1.165, 1.54) is 71.0 Å². The van der Waals surface area contributed by atoms with Gasteiger partial charge in [0.05, 0.1) is 0 Å². The highest BCUT2D eigenvalue weighted by Crippen LogP contribution is 2.26. The van der Waals surface area contributed by atoms with E-state index in [2.05, 4.69) is 17.1 Å². The molecule has 0 heterocycles. The second-order valence-electron chi connectivity index (χ2n) is 5.50. The predicted octanol–water partition coefficient (Wildman–Crippen LogP) is 2.78. The normalized spacial score (nSPS) is 20.6. The van der Waals surface area contributed by atoms with Crippen LogP contribution in [-0.2, 0) is 0 Å². The molecule has 2 aliphatic rings. The number of hydrogen-bond donors (Lipinski definition) is 1. The first kappa shape index (κ1) is 12.4. The van der Waals surface area contributed by atoms with Gasteiger partial charge in [-0.15, -0.1) is 0 Å². The highest BCUT2D eigenvalue weighted by atomic mass is 15.2. The molecule has 0 unspecified atom stereocenters. The SMILES string of the molecule is CCN(CCCCCCNC1CC1)C1CC1. The quantitative estimate of drug-likeness (QED) is 0.574. The molecule has 2 aliphatic carbocycles. The molecule has 0 bridgehead atoms. The standard InChI is InChI=1S/C14H28N2/c1-2-16(14-9-10-14)12-6-4-3-5-11-15-13-7-8-13/h13-15H,2-12H2,1H3. The van der Waals surface area contributed by atoms with Crippen molar-refractivity contribution >= 4 is 0 Å². The van der Waals surface area contributed by atoms with Crippen molar-refractivity contribution in [3.63, 3.8) is 0 Å². The molecule has 16 heavy (non-hydrogen) atoms. The molecule has 0 aromatic carbocycles. The summed E-state index contributed by atoms with van der Waals surface area (Å²) >= 11 is 0. The zero-order valence-electron chi connectivity index (χ0n) is 10.9. The minimum absolute atomic E-state index is 0.894. The molecule has 0 radical (unpaired) electrons. The van der Waals surface area contributed by atoms with Crippen molar-refractivity contribution in [1.82, 2.24) is 10.2 Å². The van der Waals surface area contributed by atoms with Gasteiger partial charge in [-0.2, -0.15) is 0 Å². The molecule has 1 N–H and O–H groups in total.